The Labute approximate surface area is 269 Å². The summed E-state index contributed by atoms with van der Waals surface area (Å²) in [5.74, 6) is 38.5. The van der Waals surface area contributed by atoms with Crippen molar-refractivity contribution in [3.8, 4) is 94.7 Å². The standard InChI is InChI=1S/C32H30O10.15H2/c1-2-3-4-5-6-7-8-9-10-11-12-13-14-15-16-17-30(36)40-25-24-37-26-28(38-21-18-33)32-31(41-23-20-35)29(27-42-32)39-22-19-34;;;;;;;;;;;;;;;/h28-29,31-35H,18-27H2,1H3;15*1H. The SMILES string of the molecule is CC#CC#CC#CC#CC#CC#CC#CC#CC(=O)OCCOCC(OCCO)C1OCC(OCCO)C1OCCO.[HH].[HH].[HH].[HH].[HH].[HH].[HH].[HH].[HH].[HH].[HH].[HH].[HH].[HH].[HH]. The maximum Gasteiger partial charge on any atom is 0.385 e. The van der Waals surface area contributed by atoms with Gasteiger partial charge in [-0.3, -0.25) is 0 Å². The molecule has 0 aliphatic carbocycles. The summed E-state index contributed by atoms with van der Waals surface area (Å²) in [5, 5.41) is 27.4. The van der Waals surface area contributed by atoms with Crippen molar-refractivity contribution in [3.63, 3.8) is 0 Å². The van der Waals surface area contributed by atoms with Gasteiger partial charge in [-0.2, -0.15) is 0 Å². The van der Waals surface area contributed by atoms with Gasteiger partial charge in [-0.15, -0.1) is 0 Å². The zero-order chi connectivity index (χ0) is 30.5. The monoisotopic (exact) mass is 604 g/mol. The predicted octanol–water partition coefficient (Wildman–Crippen LogP) is 1.81. The fourth-order valence-corrected chi connectivity index (χ4v) is 3.05. The van der Waals surface area contributed by atoms with Crippen molar-refractivity contribution in [3.05, 3.63) is 0 Å². The minimum absolute atomic E-state index is 0. The fraction of sp³-hybridized carbons (Fsp3) is 0.469. The van der Waals surface area contributed by atoms with Crippen LogP contribution in [0, 0.1) is 94.7 Å². The molecule has 0 radical (unpaired) electrons. The summed E-state index contributed by atoms with van der Waals surface area (Å²) in [6, 6.07) is 0. The van der Waals surface area contributed by atoms with Gasteiger partial charge in [0.2, 0.25) is 0 Å². The number of hydrogen-bond acceptors (Lipinski definition) is 10. The number of hydrogen-bond donors (Lipinski definition) is 3. The van der Waals surface area contributed by atoms with Crippen LogP contribution in [0.2, 0.25) is 0 Å². The van der Waals surface area contributed by atoms with Crippen molar-refractivity contribution in [2.24, 2.45) is 0 Å². The van der Waals surface area contributed by atoms with Gasteiger partial charge < -0.3 is 43.7 Å². The molecule has 0 amide bonds. The third kappa shape index (κ3) is 17.3. The first kappa shape index (κ1) is 35.7. The van der Waals surface area contributed by atoms with Gasteiger partial charge in [-0.1, -0.05) is 5.92 Å². The largest absolute Gasteiger partial charge is 0.454 e. The number of aliphatic hydroxyl groups is 3. The average Bonchev–Trinajstić information content (AvgIpc) is 3.40. The molecular weight excluding hydrogens is 544 g/mol. The minimum atomic E-state index is -0.794. The molecule has 0 spiro atoms. The molecule has 10 nitrogen and oxygen atoms in total. The Bertz CT molecular complexity index is 1390. The predicted molar refractivity (Wildman–Crippen MR) is 182 cm³/mol. The number of carbonyl (C=O) groups excluding carboxylic acids is 1. The quantitative estimate of drug-likeness (QED) is 0.110. The molecular formula is C32H60O10. The second kappa shape index (κ2) is 25.6. The van der Waals surface area contributed by atoms with Crippen LogP contribution >= 0.6 is 0 Å². The van der Waals surface area contributed by atoms with Gasteiger partial charge in [0.1, 0.15) is 31.0 Å². The maximum absolute atomic E-state index is 11.7. The van der Waals surface area contributed by atoms with Crippen LogP contribution in [0.1, 0.15) is 28.3 Å². The highest BCUT2D eigenvalue weighted by Gasteiger charge is 2.44. The van der Waals surface area contributed by atoms with E-state index in [0.717, 1.165) is 0 Å². The lowest BCUT2D eigenvalue weighted by molar-refractivity contribution is -0.144. The second-order valence-electron chi connectivity index (χ2n) is 7.46. The van der Waals surface area contributed by atoms with E-state index in [-0.39, 0.29) is 87.5 Å². The molecule has 4 unspecified atom stereocenters. The van der Waals surface area contributed by atoms with Crippen LogP contribution < -0.4 is 0 Å². The third-order valence-electron chi connectivity index (χ3n) is 4.60. The van der Waals surface area contributed by atoms with Gasteiger partial charge in [-0.25, -0.2) is 4.79 Å². The Kier molecular flexibility index (Phi) is 21.7. The average molecular weight is 605 g/mol. The number of esters is 1. The van der Waals surface area contributed by atoms with Gasteiger partial charge >= 0.3 is 5.97 Å². The van der Waals surface area contributed by atoms with Crippen molar-refractivity contribution >= 4 is 5.97 Å². The molecule has 1 fully saturated rings. The lowest BCUT2D eigenvalue weighted by atomic mass is 10.1. The molecule has 0 saturated carbocycles. The summed E-state index contributed by atoms with van der Waals surface area (Å²) in [6.45, 7) is 1.46. The van der Waals surface area contributed by atoms with E-state index in [9.17, 15) is 9.90 Å². The van der Waals surface area contributed by atoms with E-state index in [1.807, 2.05) is 0 Å². The molecule has 0 aromatic heterocycles. The minimum Gasteiger partial charge on any atom is -0.454 e. The molecule has 1 rings (SSSR count). The molecule has 1 aliphatic rings. The smallest absolute Gasteiger partial charge is 0.385 e. The third-order valence-corrected chi connectivity index (χ3v) is 4.60. The lowest BCUT2D eigenvalue weighted by Gasteiger charge is -2.29. The molecule has 10 heteroatoms. The molecule has 1 heterocycles. The van der Waals surface area contributed by atoms with Crippen molar-refractivity contribution in [1.82, 2.24) is 0 Å². The normalized spacial score (nSPS) is 16.3. The molecule has 0 aromatic rings. The van der Waals surface area contributed by atoms with Gasteiger partial charge in [0, 0.05) is 27.3 Å². The van der Waals surface area contributed by atoms with Crippen LogP contribution in [0.25, 0.3) is 0 Å². The molecule has 0 aromatic carbocycles. The fourth-order valence-electron chi connectivity index (χ4n) is 3.05. The molecule has 1 saturated heterocycles. The van der Waals surface area contributed by atoms with Gasteiger partial charge in [0.05, 0.1) is 59.5 Å². The van der Waals surface area contributed by atoms with Crippen LogP contribution in [-0.2, 0) is 33.2 Å². The van der Waals surface area contributed by atoms with Crippen LogP contribution in [0.4, 0.5) is 0 Å². The van der Waals surface area contributed by atoms with Crippen molar-refractivity contribution in [2.45, 2.75) is 31.3 Å². The zero-order valence-corrected chi connectivity index (χ0v) is 23.1. The Morgan fingerprint density at radius 2 is 1.31 bits per heavy atom. The molecule has 3 N–H and O–H groups in total. The lowest BCUT2D eigenvalue weighted by Crippen LogP contribution is -2.45. The first-order valence-corrected chi connectivity index (χ1v) is 12.6. The van der Waals surface area contributed by atoms with E-state index in [1.54, 1.807) is 6.92 Å². The molecule has 248 valence electrons. The summed E-state index contributed by atoms with van der Waals surface area (Å²) in [5.41, 5.74) is 0. The van der Waals surface area contributed by atoms with E-state index in [4.69, 9.17) is 38.6 Å². The van der Waals surface area contributed by atoms with Gasteiger partial charge in [0.15, 0.2) is 0 Å². The van der Waals surface area contributed by atoms with E-state index in [2.05, 4.69) is 94.7 Å². The van der Waals surface area contributed by atoms with Crippen LogP contribution in [0.3, 0.4) is 0 Å². The van der Waals surface area contributed by atoms with E-state index in [0.29, 0.717) is 0 Å². The highest BCUT2D eigenvalue weighted by Crippen LogP contribution is 2.25. The van der Waals surface area contributed by atoms with Crippen molar-refractivity contribution in [2.75, 3.05) is 66.1 Å². The first-order valence-electron chi connectivity index (χ1n) is 12.6. The zero-order valence-electron chi connectivity index (χ0n) is 23.1. The number of aliphatic hydroxyl groups excluding tert-OH is 3. The Morgan fingerprint density at radius 1 is 0.762 bits per heavy atom. The Hall–Kier alpha value is -4.37. The summed E-state index contributed by atoms with van der Waals surface area (Å²) >= 11 is 0. The van der Waals surface area contributed by atoms with Crippen LogP contribution in [-0.4, -0.2) is 112 Å². The van der Waals surface area contributed by atoms with Crippen molar-refractivity contribution in [1.29, 1.82) is 0 Å². The Morgan fingerprint density at radius 3 is 1.88 bits per heavy atom. The molecule has 1 aliphatic heterocycles. The summed E-state index contributed by atoms with van der Waals surface area (Å²) < 4.78 is 33.3. The summed E-state index contributed by atoms with van der Waals surface area (Å²) in [7, 11) is 0. The topological polar surface area (TPSA) is 133 Å². The molecule has 4 atom stereocenters. The van der Waals surface area contributed by atoms with Gasteiger partial charge in [-0.05, 0) is 89.8 Å². The van der Waals surface area contributed by atoms with Gasteiger partial charge in [0.25, 0.3) is 0 Å². The van der Waals surface area contributed by atoms with Crippen LogP contribution in [0.5, 0.6) is 0 Å². The number of ether oxygens (including phenoxy) is 6. The molecule has 0 bridgehead atoms. The van der Waals surface area contributed by atoms with Crippen LogP contribution in [0.15, 0.2) is 0 Å². The van der Waals surface area contributed by atoms with E-state index in [1.165, 1.54) is 0 Å². The number of carbonyl (C=O) groups is 1. The highest BCUT2D eigenvalue weighted by atomic mass is 16.6. The summed E-state index contributed by atoms with van der Waals surface area (Å²) in [6.07, 6.45) is -2.33. The highest BCUT2D eigenvalue weighted by molar-refractivity contribution is 5.89. The van der Waals surface area contributed by atoms with E-state index < -0.39 is 30.4 Å². The first-order chi connectivity index (χ1) is 20.7. The summed E-state index contributed by atoms with van der Waals surface area (Å²) in [4.78, 5) is 11.7. The second-order valence-corrected chi connectivity index (χ2v) is 7.46. The number of rotatable bonds is 15. The molecule has 42 heavy (non-hydrogen) atoms. The van der Waals surface area contributed by atoms with E-state index >= 15 is 0 Å². The van der Waals surface area contributed by atoms with Crippen molar-refractivity contribution < 1.29 is 69.9 Å². The Balaban J connectivity index is -0.0000000905. The maximum atomic E-state index is 11.7.